The second-order valence-electron chi connectivity index (χ2n) is 4.36. The van der Waals surface area contributed by atoms with E-state index in [9.17, 15) is 4.79 Å². The summed E-state index contributed by atoms with van der Waals surface area (Å²) in [5, 5.41) is 4.42. The fourth-order valence-electron chi connectivity index (χ4n) is 1.78. The molecule has 1 aromatic carbocycles. The van der Waals surface area contributed by atoms with Gasteiger partial charge >= 0.3 is 5.97 Å². The van der Waals surface area contributed by atoms with E-state index in [-0.39, 0.29) is 12.4 Å². The number of hydrogen-bond acceptors (Lipinski definition) is 4. The van der Waals surface area contributed by atoms with Gasteiger partial charge in [0.05, 0.1) is 12.1 Å². The zero-order valence-corrected chi connectivity index (χ0v) is 11.7. The number of benzene rings is 1. The molecule has 19 heavy (non-hydrogen) atoms. The molecule has 5 heteroatoms. The number of hydrogen-bond donors (Lipinski definition) is 0. The molecular formula is C14H14ClNO3. The van der Waals surface area contributed by atoms with E-state index in [0.717, 1.165) is 11.1 Å². The van der Waals surface area contributed by atoms with Crippen molar-refractivity contribution in [2.45, 2.75) is 27.2 Å². The number of aryl methyl sites for hydroxylation is 3. The lowest BCUT2D eigenvalue weighted by molar-refractivity contribution is -0.133. The molecule has 0 aliphatic carbocycles. The van der Waals surface area contributed by atoms with Gasteiger partial charge < -0.3 is 9.26 Å². The van der Waals surface area contributed by atoms with Gasteiger partial charge in [0, 0.05) is 10.6 Å². The smallest absolute Gasteiger partial charge is 0.315 e. The first-order chi connectivity index (χ1) is 8.97. The van der Waals surface area contributed by atoms with E-state index in [2.05, 4.69) is 5.16 Å². The number of carbonyl (C=O) groups excluding carboxylic acids is 1. The van der Waals surface area contributed by atoms with E-state index in [0.29, 0.717) is 22.2 Å². The van der Waals surface area contributed by atoms with E-state index in [1.165, 1.54) is 0 Å². The van der Waals surface area contributed by atoms with Crippen LogP contribution >= 0.6 is 11.6 Å². The van der Waals surface area contributed by atoms with Crippen molar-refractivity contribution in [2.24, 2.45) is 0 Å². The molecule has 0 atom stereocenters. The molecule has 100 valence electrons. The van der Waals surface area contributed by atoms with Crippen molar-refractivity contribution < 1.29 is 14.1 Å². The molecular weight excluding hydrogens is 266 g/mol. The molecule has 0 saturated heterocycles. The Kier molecular flexibility index (Phi) is 3.90. The molecule has 2 aromatic rings. The van der Waals surface area contributed by atoms with Crippen molar-refractivity contribution in [1.82, 2.24) is 5.16 Å². The molecule has 0 spiro atoms. The van der Waals surface area contributed by atoms with Crippen LogP contribution < -0.4 is 4.74 Å². The Morgan fingerprint density at radius 1 is 1.37 bits per heavy atom. The van der Waals surface area contributed by atoms with Crippen LogP contribution in [0.4, 0.5) is 0 Å². The first-order valence-electron chi connectivity index (χ1n) is 5.86. The van der Waals surface area contributed by atoms with Crippen LogP contribution in [0.15, 0.2) is 22.7 Å². The molecule has 0 saturated carbocycles. The van der Waals surface area contributed by atoms with Gasteiger partial charge in [-0.15, -0.1) is 0 Å². The van der Waals surface area contributed by atoms with Crippen LogP contribution in [0.1, 0.15) is 22.6 Å². The molecule has 0 bridgehead atoms. The van der Waals surface area contributed by atoms with E-state index in [1.54, 1.807) is 32.0 Å². The summed E-state index contributed by atoms with van der Waals surface area (Å²) in [7, 11) is 0. The molecule has 0 radical (unpaired) electrons. The number of halogens is 1. The van der Waals surface area contributed by atoms with Crippen molar-refractivity contribution in [3.8, 4) is 5.75 Å². The summed E-state index contributed by atoms with van der Waals surface area (Å²) in [6, 6.07) is 5.12. The standard InChI is InChI=1S/C14H14ClNO3/c1-8-6-11(15)4-5-13(8)18-14(17)7-12-9(2)16-19-10(12)3/h4-6H,7H2,1-3H3. The van der Waals surface area contributed by atoms with Crippen LogP contribution in [0.5, 0.6) is 5.75 Å². The van der Waals surface area contributed by atoms with Gasteiger partial charge in [0.25, 0.3) is 0 Å². The Balaban J connectivity index is 2.10. The van der Waals surface area contributed by atoms with Crippen LogP contribution in [0.2, 0.25) is 5.02 Å². The molecule has 2 rings (SSSR count). The van der Waals surface area contributed by atoms with Crippen molar-refractivity contribution in [1.29, 1.82) is 0 Å². The van der Waals surface area contributed by atoms with Crippen molar-refractivity contribution in [3.05, 3.63) is 45.8 Å². The number of ether oxygens (including phenoxy) is 1. The topological polar surface area (TPSA) is 52.3 Å². The fourth-order valence-corrected chi connectivity index (χ4v) is 2.01. The largest absolute Gasteiger partial charge is 0.426 e. The summed E-state index contributed by atoms with van der Waals surface area (Å²) in [6.45, 7) is 5.41. The molecule has 1 aromatic heterocycles. The summed E-state index contributed by atoms with van der Waals surface area (Å²) in [5.41, 5.74) is 2.30. The molecule has 1 heterocycles. The van der Waals surface area contributed by atoms with Gasteiger partial charge in [0.15, 0.2) is 0 Å². The van der Waals surface area contributed by atoms with E-state index in [1.807, 2.05) is 6.92 Å². The van der Waals surface area contributed by atoms with E-state index < -0.39 is 0 Å². The Bertz CT molecular complexity index is 600. The van der Waals surface area contributed by atoms with Crippen LogP contribution in [-0.4, -0.2) is 11.1 Å². The average Bonchev–Trinajstić information content (AvgIpc) is 2.65. The first kappa shape index (κ1) is 13.6. The Labute approximate surface area is 116 Å². The molecule has 0 aliphatic rings. The number of carbonyl (C=O) groups is 1. The lowest BCUT2D eigenvalue weighted by Gasteiger charge is -2.07. The van der Waals surface area contributed by atoms with Crippen molar-refractivity contribution in [2.75, 3.05) is 0 Å². The third kappa shape index (κ3) is 3.15. The highest BCUT2D eigenvalue weighted by Gasteiger charge is 2.15. The van der Waals surface area contributed by atoms with E-state index in [4.69, 9.17) is 20.9 Å². The second-order valence-corrected chi connectivity index (χ2v) is 4.80. The zero-order chi connectivity index (χ0) is 14.0. The predicted molar refractivity (Wildman–Crippen MR) is 71.5 cm³/mol. The molecule has 0 unspecified atom stereocenters. The molecule has 0 amide bonds. The van der Waals surface area contributed by atoms with Gasteiger partial charge in [-0.3, -0.25) is 4.79 Å². The number of nitrogens with zero attached hydrogens (tertiary/aromatic N) is 1. The summed E-state index contributed by atoms with van der Waals surface area (Å²) >= 11 is 5.85. The highest BCUT2D eigenvalue weighted by molar-refractivity contribution is 6.30. The number of esters is 1. The van der Waals surface area contributed by atoms with Gasteiger partial charge in [-0.1, -0.05) is 16.8 Å². The monoisotopic (exact) mass is 279 g/mol. The van der Waals surface area contributed by atoms with Crippen LogP contribution in [0, 0.1) is 20.8 Å². The van der Waals surface area contributed by atoms with Crippen molar-refractivity contribution in [3.63, 3.8) is 0 Å². The maximum Gasteiger partial charge on any atom is 0.315 e. The normalized spacial score (nSPS) is 10.5. The van der Waals surface area contributed by atoms with Crippen LogP contribution in [0.3, 0.4) is 0 Å². The summed E-state index contributed by atoms with van der Waals surface area (Å²) in [6.07, 6.45) is 0.142. The summed E-state index contributed by atoms with van der Waals surface area (Å²) in [4.78, 5) is 11.9. The minimum absolute atomic E-state index is 0.142. The van der Waals surface area contributed by atoms with Gasteiger partial charge in [-0.25, -0.2) is 0 Å². The van der Waals surface area contributed by atoms with Gasteiger partial charge in [0.1, 0.15) is 11.5 Å². The Hall–Kier alpha value is -1.81. The minimum atomic E-state index is -0.347. The fraction of sp³-hybridized carbons (Fsp3) is 0.286. The molecule has 0 fully saturated rings. The quantitative estimate of drug-likeness (QED) is 0.638. The van der Waals surface area contributed by atoms with Crippen LogP contribution in [-0.2, 0) is 11.2 Å². The summed E-state index contributed by atoms with van der Waals surface area (Å²) < 4.78 is 10.3. The van der Waals surface area contributed by atoms with Crippen molar-refractivity contribution >= 4 is 17.6 Å². The van der Waals surface area contributed by atoms with Gasteiger partial charge in [-0.05, 0) is 44.5 Å². The number of rotatable bonds is 3. The SMILES string of the molecule is Cc1cc(Cl)ccc1OC(=O)Cc1c(C)noc1C. The highest BCUT2D eigenvalue weighted by atomic mass is 35.5. The lowest BCUT2D eigenvalue weighted by Crippen LogP contribution is -2.12. The molecule has 4 nitrogen and oxygen atoms in total. The highest BCUT2D eigenvalue weighted by Crippen LogP contribution is 2.22. The molecule has 0 aliphatic heterocycles. The Morgan fingerprint density at radius 3 is 2.68 bits per heavy atom. The average molecular weight is 280 g/mol. The number of aromatic nitrogens is 1. The van der Waals surface area contributed by atoms with Gasteiger partial charge in [0.2, 0.25) is 0 Å². The second kappa shape index (κ2) is 5.45. The first-order valence-corrected chi connectivity index (χ1v) is 6.23. The third-order valence-electron chi connectivity index (χ3n) is 2.86. The maximum atomic E-state index is 11.9. The minimum Gasteiger partial charge on any atom is -0.426 e. The zero-order valence-electron chi connectivity index (χ0n) is 11.0. The molecule has 0 N–H and O–H groups in total. The van der Waals surface area contributed by atoms with Gasteiger partial charge in [-0.2, -0.15) is 0 Å². The summed E-state index contributed by atoms with van der Waals surface area (Å²) in [5.74, 6) is 0.809. The van der Waals surface area contributed by atoms with E-state index >= 15 is 0 Å². The third-order valence-corrected chi connectivity index (χ3v) is 3.10. The predicted octanol–water partition coefficient (Wildman–Crippen LogP) is 3.40. The van der Waals surface area contributed by atoms with Crippen LogP contribution in [0.25, 0.3) is 0 Å². The lowest BCUT2D eigenvalue weighted by atomic mass is 10.1. The Morgan fingerprint density at radius 2 is 2.11 bits per heavy atom. The maximum absolute atomic E-state index is 11.9.